The van der Waals surface area contributed by atoms with Crippen molar-refractivity contribution < 1.29 is 9.53 Å². The molecule has 2 heterocycles. The van der Waals surface area contributed by atoms with Crippen LogP contribution in [-0.2, 0) is 0 Å². The van der Waals surface area contributed by atoms with E-state index in [0.29, 0.717) is 35.0 Å². The first-order chi connectivity index (χ1) is 15.6. The predicted octanol–water partition coefficient (Wildman–Crippen LogP) is 4.06. The van der Waals surface area contributed by atoms with Crippen molar-refractivity contribution in [2.75, 3.05) is 36.1 Å². The van der Waals surface area contributed by atoms with E-state index >= 15 is 0 Å². The van der Waals surface area contributed by atoms with Crippen molar-refractivity contribution in [3.63, 3.8) is 0 Å². The lowest BCUT2D eigenvalue weighted by molar-refractivity contribution is 0.112. The summed E-state index contributed by atoms with van der Waals surface area (Å²) in [4.78, 5) is 22.4. The van der Waals surface area contributed by atoms with Crippen LogP contribution in [0, 0.1) is 5.92 Å². The average molecular weight is 428 g/mol. The molecule has 0 aliphatic carbocycles. The molecule has 5 rings (SSSR count). The highest BCUT2D eigenvalue weighted by Crippen LogP contribution is 2.34. The number of nitrogens with two attached hydrogens (primary N) is 2. The quantitative estimate of drug-likeness (QED) is 0.463. The van der Waals surface area contributed by atoms with Crippen LogP contribution in [0.15, 0.2) is 54.6 Å². The largest absolute Gasteiger partial charge is 0.492 e. The topological polar surface area (TPSA) is 107 Å². The van der Waals surface area contributed by atoms with Gasteiger partial charge >= 0.3 is 0 Å². The lowest BCUT2D eigenvalue weighted by atomic mass is 9.95. The Balaban J connectivity index is 1.30. The molecule has 1 aromatic heterocycles. The number of rotatable bonds is 5. The third-order valence-corrected chi connectivity index (χ3v) is 6.19. The molecule has 1 saturated heterocycles. The number of hydrogen-bond donors (Lipinski definition) is 2. The molecule has 0 radical (unpaired) electrons. The van der Waals surface area contributed by atoms with Crippen LogP contribution in [-0.4, -0.2) is 36.0 Å². The Labute approximate surface area is 186 Å². The molecule has 0 unspecified atom stereocenters. The molecule has 32 heavy (non-hydrogen) atoms. The number of carbonyl (C=O) groups excluding carboxylic acids is 1. The second-order valence-electron chi connectivity index (χ2n) is 8.20. The molecule has 7 heteroatoms. The summed E-state index contributed by atoms with van der Waals surface area (Å²) in [5.74, 6) is 1.57. The summed E-state index contributed by atoms with van der Waals surface area (Å²) in [5, 5.41) is 2.97. The van der Waals surface area contributed by atoms with Crippen molar-refractivity contribution in [1.29, 1.82) is 0 Å². The summed E-state index contributed by atoms with van der Waals surface area (Å²) in [5.41, 5.74) is 14.2. The first kappa shape index (κ1) is 20.1. The normalized spacial score (nSPS) is 14.7. The van der Waals surface area contributed by atoms with E-state index in [2.05, 4.69) is 27.0 Å². The van der Waals surface area contributed by atoms with Crippen molar-refractivity contribution >= 4 is 45.4 Å². The summed E-state index contributed by atoms with van der Waals surface area (Å²) in [6.07, 6.45) is 2.91. The van der Waals surface area contributed by atoms with Gasteiger partial charge in [0.15, 0.2) is 6.29 Å². The molecule has 7 nitrogen and oxygen atoms in total. The summed E-state index contributed by atoms with van der Waals surface area (Å²) in [6.45, 7) is 2.34. The molecule has 0 bridgehead atoms. The molecule has 1 aliphatic heterocycles. The lowest BCUT2D eigenvalue weighted by Crippen LogP contribution is -2.36. The number of fused-ring (bicyclic) bond motifs is 2. The van der Waals surface area contributed by atoms with E-state index in [1.54, 1.807) is 0 Å². The zero-order chi connectivity index (χ0) is 22.1. The average Bonchev–Trinajstić information content (AvgIpc) is 2.82. The smallest absolute Gasteiger partial charge is 0.222 e. The zero-order valence-electron chi connectivity index (χ0n) is 17.7. The molecule has 0 atom stereocenters. The molecule has 0 saturated carbocycles. The first-order valence-corrected chi connectivity index (χ1v) is 10.8. The predicted molar refractivity (Wildman–Crippen MR) is 128 cm³/mol. The van der Waals surface area contributed by atoms with Crippen LogP contribution in [0.2, 0.25) is 0 Å². The highest BCUT2D eigenvalue weighted by Gasteiger charge is 2.23. The zero-order valence-corrected chi connectivity index (χ0v) is 17.7. The van der Waals surface area contributed by atoms with Crippen LogP contribution in [0.1, 0.15) is 23.2 Å². The Morgan fingerprint density at radius 2 is 1.81 bits per heavy atom. The number of nitrogens with zero attached hydrogens (tertiary/aromatic N) is 3. The molecule has 3 aromatic carbocycles. The number of anilines is 3. The van der Waals surface area contributed by atoms with E-state index in [9.17, 15) is 4.79 Å². The number of ether oxygens (including phenoxy) is 1. The number of aromatic nitrogens is 2. The number of aldehydes is 1. The van der Waals surface area contributed by atoms with E-state index in [1.807, 2.05) is 42.5 Å². The summed E-state index contributed by atoms with van der Waals surface area (Å²) in [6, 6.07) is 17.8. The molecule has 0 spiro atoms. The maximum Gasteiger partial charge on any atom is 0.222 e. The summed E-state index contributed by atoms with van der Waals surface area (Å²) >= 11 is 0. The van der Waals surface area contributed by atoms with E-state index in [0.717, 1.165) is 54.2 Å². The Morgan fingerprint density at radius 3 is 2.62 bits per heavy atom. The second kappa shape index (κ2) is 8.34. The van der Waals surface area contributed by atoms with Crippen LogP contribution < -0.4 is 21.1 Å². The Morgan fingerprint density at radius 1 is 1.00 bits per heavy atom. The maximum atomic E-state index is 11.7. The number of nitrogen functional groups attached to an aromatic ring is 2. The highest BCUT2D eigenvalue weighted by molar-refractivity contribution is 6.02. The van der Waals surface area contributed by atoms with Gasteiger partial charge in [0.1, 0.15) is 11.6 Å². The van der Waals surface area contributed by atoms with Gasteiger partial charge in [-0.25, -0.2) is 4.98 Å². The van der Waals surface area contributed by atoms with E-state index in [1.165, 1.54) is 0 Å². The summed E-state index contributed by atoms with van der Waals surface area (Å²) < 4.78 is 6.16. The van der Waals surface area contributed by atoms with Crippen molar-refractivity contribution in [2.24, 2.45) is 5.92 Å². The van der Waals surface area contributed by atoms with Gasteiger partial charge in [-0.1, -0.05) is 36.4 Å². The van der Waals surface area contributed by atoms with Crippen molar-refractivity contribution in [2.45, 2.75) is 12.8 Å². The Kier molecular flexibility index (Phi) is 5.23. The van der Waals surface area contributed by atoms with Crippen LogP contribution >= 0.6 is 0 Å². The minimum Gasteiger partial charge on any atom is -0.492 e. The number of benzene rings is 3. The van der Waals surface area contributed by atoms with E-state index < -0.39 is 0 Å². The monoisotopic (exact) mass is 427 g/mol. The van der Waals surface area contributed by atoms with Crippen molar-refractivity contribution in [1.82, 2.24) is 9.97 Å². The molecule has 1 aliphatic rings. The van der Waals surface area contributed by atoms with Crippen molar-refractivity contribution in [3.05, 3.63) is 60.2 Å². The number of hydrogen-bond acceptors (Lipinski definition) is 7. The second-order valence-corrected chi connectivity index (χ2v) is 8.20. The van der Waals surface area contributed by atoms with Gasteiger partial charge in [0.2, 0.25) is 5.95 Å². The van der Waals surface area contributed by atoms with Crippen LogP contribution in [0.25, 0.3) is 21.7 Å². The molecule has 4 aromatic rings. The third kappa shape index (κ3) is 3.66. The molecular formula is C25H25N5O2. The van der Waals surface area contributed by atoms with Gasteiger partial charge in [-0.05, 0) is 42.3 Å². The standard InChI is InChI=1S/C25H25N5O2/c26-24-22-20(28-25(27)29-24)6-3-7-21(22)32-15-16-10-12-30(13-11-16)23-18(14-31)9-8-17-4-1-2-5-19(17)23/h1-9,14,16H,10-13,15H2,(H4,26,27,28,29). The number of piperidine rings is 1. The van der Waals surface area contributed by atoms with Gasteiger partial charge in [-0.2, -0.15) is 4.98 Å². The SMILES string of the molecule is Nc1nc(N)c2c(OCC3CCN(c4c(C=O)ccc5ccccc45)CC3)cccc2n1. The van der Waals surface area contributed by atoms with Gasteiger partial charge in [-0.15, -0.1) is 0 Å². The van der Waals surface area contributed by atoms with Crippen LogP contribution in [0.3, 0.4) is 0 Å². The minimum atomic E-state index is 0.155. The van der Waals surface area contributed by atoms with Gasteiger partial charge < -0.3 is 21.1 Å². The summed E-state index contributed by atoms with van der Waals surface area (Å²) in [7, 11) is 0. The molecule has 1 fully saturated rings. The van der Waals surface area contributed by atoms with Gasteiger partial charge in [0, 0.05) is 24.0 Å². The molecule has 4 N–H and O–H groups in total. The fourth-order valence-corrected chi connectivity index (χ4v) is 4.57. The van der Waals surface area contributed by atoms with Gasteiger partial charge in [0.25, 0.3) is 0 Å². The van der Waals surface area contributed by atoms with Crippen LogP contribution in [0.4, 0.5) is 17.5 Å². The van der Waals surface area contributed by atoms with Crippen LogP contribution in [0.5, 0.6) is 5.75 Å². The molecule has 0 amide bonds. The van der Waals surface area contributed by atoms with Crippen molar-refractivity contribution in [3.8, 4) is 5.75 Å². The third-order valence-electron chi connectivity index (χ3n) is 6.19. The molecule has 162 valence electrons. The number of carbonyl (C=O) groups is 1. The first-order valence-electron chi connectivity index (χ1n) is 10.8. The molecular weight excluding hydrogens is 402 g/mol. The lowest BCUT2D eigenvalue weighted by Gasteiger charge is -2.35. The fraction of sp³-hybridized carbons (Fsp3) is 0.240. The minimum absolute atomic E-state index is 0.155. The fourth-order valence-electron chi connectivity index (χ4n) is 4.57. The van der Waals surface area contributed by atoms with Gasteiger partial charge in [0.05, 0.1) is 23.2 Å². The van der Waals surface area contributed by atoms with E-state index in [-0.39, 0.29) is 5.95 Å². The highest BCUT2D eigenvalue weighted by atomic mass is 16.5. The Bertz CT molecular complexity index is 1300. The van der Waals surface area contributed by atoms with Gasteiger partial charge in [-0.3, -0.25) is 4.79 Å². The maximum absolute atomic E-state index is 11.7. The Hall–Kier alpha value is -3.87. The van der Waals surface area contributed by atoms with E-state index in [4.69, 9.17) is 16.2 Å².